The molecule has 0 saturated carbocycles. The van der Waals surface area contributed by atoms with Crippen LogP contribution in [0.1, 0.15) is 36.6 Å². The molecule has 3 aromatic rings. The van der Waals surface area contributed by atoms with E-state index in [-0.39, 0.29) is 28.9 Å². The van der Waals surface area contributed by atoms with Crippen LogP contribution < -0.4 is 9.64 Å². The standard InChI is InChI=1S/C27H25NO5/c1-16(2)33-20-13-11-18(12-14-20)25(30)23-24(19-8-6-7-17(3)15-19)28(27(32)26(23)31)21-9-4-5-10-22(21)29/h4-16,24,29-30H,1-3H3/b25-23-. The summed E-state index contributed by atoms with van der Waals surface area (Å²) >= 11 is 0. The molecular weight excluding hydrogens is 418 g/mol. The van der Waals surface area contributed by atoms with Crippen LogP contribution in [0.15, 0.2) is 78.4 Å². The Morgan fingerprint density at radius 3 is 2.30 bits per heavy atom. The van der Waals surface area contributed by atoms with Crippen molar-refractivity contribution in [3.8, 4) is 11.5 Å². The van der Waals surface area contributed by atoms with Crippen LogP contribution in [0.3, 0.4) is 0 Å². The first-order valence-corrected chi connectivity index (χ1v) is 10.7. The largest absolute Gasteiger partial charge is 0.507 e. The smallest absolute Gasteiger partial charge is 0.300 e. The maximum atomic E-state index is 13.2. The van der Waals surface area contributed by atoms with Crippen molar-refractivity contribution < 1.29 is 24.5 Å². The van der Waals surface area contributed by atoms with Crippen molar-refractivity contribution in [2.24, 2.45) is 0 Å². The summed E-state index contributed by atoms with van der Waals surface area (Å²) in [7, 11) is 0. The van der Waals surface area contributed by atoms with Crippen molar-refractivity contribution in [1.29, 1.82) is 0 Å². The van der Waals surface area contributed by atoms with Crippen LogP contribution in [0, 0.1) is 6.92 Å². The van der Waals surface area contributed by atoms with Crippen LogP contribution >= 0.6 is 0 Å². The predicted octanol–water partition coefficient (Wildman–Crippen LogP) is 5.11. The molecule has 0 radical (unpaired) electrons. The van der Waals surface area contributed by atoms with Gasteiger partial charge in [-0.05, 0) is 62.7 Å². The van der Waals surface area contributed by atoms with E-state index in [1.165, 1.54) is 11.0 Å². The Balaban J connectivity index is 1.89. The van der Waals surface area contributed by atoms with Crippen LogP contribution in [-0.4, -0.2) is 28.0 Å². The fraction of sp³-hybridized carbons (Fsp3) is 0.185. The molecular formula is C27H25NO5. The third kappa shape index (κ3) is 4.20. The molecule has 1 amide bonds. The van der Waals surface area contributed by atoms with Crippen molar-refractivity contribution >= 4 is 23.1 Å². The average Bonchev–Trinajstić information content (AvgIpc) is 3.04. The Morgan fingerprint density at radius 2 is 1.67 bits per heavy atom. The Morgan fingerprint density at radius 1 is 0.970 bits per heavy atom. The number of hydrogen-bond acceptors (Lipinski definition) is 5. The SMILES string of the molecule is Cc1cccc(C2/C(=C(/O)c3ccc(OC(C)C)cc3)C(=O)C(=O)N2c2ccccc2O)c1. The lowest BCUT2D eigenvalue weighted by Gasteiger charge is -2.26. The van der Waals surface area contributed by atoms with E-state index in [1.54, 1.807) is 48.5 Å². The van der Waals surface area contributed by atoms with E-state index in [4.69, 9.17) is 4.74 Å². The van der Waals surface area contributed by atoms with Gasteiger partial charge in [-0.15, -0.1) is 0 Å². The Kier molecular flexibility index (Phi) is 5.92. The molecule has 6 heteroatoms. The van der Waals surface area contributed by atoms with Crippen molar-refractivity contribution in [3.63, 3.8) is 0 Å². The number of aromatic hydroxyl groups is 1. The van der Waals surface area contributed by atoms with E-state index in [1.807, 2.05) is 39.0 Å². The van der Waals surface area contributed by atoms with Gasteiger partial charge in [0.2, 0.25) is 0 Å². The zero-order valence-corrected chi connectivity index (χ0v) is 18.6. The van der Waals surface area contributed by atoms with Crippen molar-refractivity contribution in [3.05, 3.63) is 95.1 Å². The van der Waals surface area contributed by atoms with E-state index in [2.05, 4.69) is 0 Å². The molecule has 33 heavy (non-hydrogen) atoms. The number of aliphatic hydroxyl groups is 1. The quantitative estimate of drug-likeness (QED) is 0.325. The lowest BCUT2D eigenvalue weighted by molar-refractivity contribution is -0.132. The first-order chi connectivity index (χ1) is 15.8. The number of aliphatic hydroxyl groups excluding tert-OH is 1. The first-order valence-electron chi connectivity index (χ1n) is 10.7. The van der Waals surface area contributed by atoms with E-state index in [0.29, 0.717) is 16.9 Å². The van der Waals surface area contributed by atoms with Gasteiger partial charge in [0, 0.05) is 5.56 Å². The zero-order chi connectivity index (χ0) is 23.7. The summed E-state index contributed by atoms with van der Waals surface area (Å²) < 4.78 is 5.65. The molecule has 1 heterocycles. The Bertz CT molecular complexity index is 1240. The van der Waals surface area contributed by atoms with E-state index in [0.717, 1.165) is 5.56 Å². The molecule has 0 bridgehead atoms. The Hall–Kier alpha value is -4.06. The average molecular weight is 443 g/mol. The predicted molar refractivity (Wildman–Crippen MR) is 126 cm³/mol. The summed E-state index contributed by atoms with van der Waals surface area (Å²) in [4.78, 5) is 27.6. The molecule has 1 aliphatic rings. The number of Topliss-reactive ketones (excluding diaryl/α,β-unsaturated/α-hetero) is 1. The lowest BCUT2D eigenvalue weighted by Crippen LogP contribution is -2.29. The molecule has 1 saturated heterocycles. The van der Waals surface area contributed by atoms with Gasteiger partial charge in [0.25, 0.3) is 11.7 Å². The van der Waals surface area contributed by atoms with E-state index < -0.39 is 17.7 Å². The number of ether oxygens (including phenoxy) is 1. The summed E-state index contributed by atoms with van der Waals surface area (Å²) in [6.07, 6.45) is -0.00496. The topological polar surface area (TPSA) is 87.1 Å². The second-order valence-corrected chi connectivity index (χ2v) is 8.26. The van der Waals surface area contributed by atoms with Gasteiger partial charge in [-0.25, -0.2) is 0 Å². The van der Waals surface area contributed by atoms with Crippen LogP contribution in [0.5, 0.6) is 11.5 Å². The molecule has 4 rings (SSSR count). The molecule has 3 aromatic carbocycles. The number of phenols is 1. The highest BCUT2D eigenvalue weighted by molar-refractivity contribution is 6.51. The highest BCUT2D eigenvalue weighted by atomic mass is 16.5. The van der Waals surface area contributed by atoms with Crippen molar-refractivity contribution in [2.75, 3.05) is 4.90 Å². The number of nitrogens with zero attached hydrogens (tertiary/aromatic N) is 1. The number of hydrogen-bond donors (Lipinski definition) is 2. The molecule has 1 fully saturated rings. The minimum absolute atomic E-state index is 0.00496. The maximum absolute atomic E-state index is 13.2. The minimum atomic E-state index is -0.898. The van der Waals surface area contributed by atoms with E-state index in [9.17, 15) is 19.8 Å². The third-order valence-corrected chi connectivity index (χ3v) is 5.44. The number of benzene rings is 3. The number of carbonyl (C=O) groups is 2. The number of para-hydroxylation sites is 2. The number of ketones is 1. The number of carbonyl (C=O) groups excluding carboxylic acids is 2. The molecule has 0 spiro atoms. The molecule has 168 valence electrons. The van der Waals surface area contributed by atoms with Gasteiger partial charge in [-0.3, -0.25) is 14.5 Å². The molecule has 6 nitrogen and oxygen atoms in total. The highest BCUT2D eigenvalue weighted by Gasteiger charge is 2.47. The van der Waals surface area contributed by atoms with Gasteiger partial charge in [0.1, 0.15) is 17.3 Å². The first kappa shape index (κ1) is 22.1. The van der Waals surface area contributed by atoms with Crippen molar-refractivity contribution in [2.45, 2.75) is 32.9 Å². The van der Waals surface area contributed by atoms with Gasteiger partial charge in [0.05, 0.1) is 23.4 Å². The monoisotopic (exact) mass is 443 g/mol. The van der Waals surface area contributed by atoms with Gasteiger partial charge in [-0.2, -0.15) is 0 Å². The van der Waals surface area contributed by atoms with Gasteiger partial charge in [-0.1, -0.05) is 42.0 Å². The number of anilines is 1. The van der Waals surface area contributed by atoms with E-state index >= 15 is 0 Å². The number of phenolic OH excluding ortho intramolecular Hbond substituents is 1. The fourth-order valence-corrected chi connectivity index (χ4v) is 4.02. The lowest BCUT2D eigenvalue weighted by atomic mass is 9.94. The minimum Gasteiger partial charge on any atom is -0.507 e. The number of rotatable bonds is 5. The normalized spacial score (nSPS) is 17.6. The van der Waals surface area contributed by atoms with Crippen LogP contribution in [0.25, 0.3) is 5.76 Å². The third-order valence-electron chi connectivity index (χ3n) is 5.44. The molecule has 1 atom stereocenters. The summed E-state index contributed by atoms with van der Waals surface area (Å²) in [5, 5.41) is 21.6. The van der Waals surface area contributed by atoms with Gasteiger partial charge >= 0.3 is 0 Å². The fourth-order valence-electron chi connectivity index (χ4n) is 4.02. The summed E-state index contributed by atoms with van der Waals surface area (Å²) in [5.74, 6) is -1.42. The molecule has 1 aliphatic heterocycles. The van der Waals surface area contributed by atoms with Crippen LogP contribution in [0.2, 0.25) is 0 Å². The maximum Gasteiger partial charge on any atom is 0.300 e. The second kappa shape index (κ2) is 8.82. The van der Waals surface area contributed by atoms with Gasteiger partial charge in [0.15, 0.2) is 0 Å². The molecule has 0 aliphatic carbocycles. The van der Waals surface area contributed by atoms with Crippen LogP contribution in [0.4, 0.5) is 5.69 Å². The highest BCUT2D eigenvalue weighted by Crippen LogP contribution is 2.44. The number of aryl methyl sites for hydroxylation is 1. The van der Waals surface area contributed by atoms with Crippen LogP contribution in [-0.2, 0) is 9.59 Å². The summed E-state index contributed by atoms with van der Waals surface area (Å²) in [5.41, 5.74) is 2.14. The number of amides is 1. The van der Waals surface area contributed by atoms with Crippen molar-refractivity contribution in [1.82, 2.24) is 0 Å². The summed E-state index contributed by atoms with van der Waals surface area (Å²) in [6.45, 7) is 5.73. The molecule has 1 unspecified atom stereocenters. The zero-order valence-electron chi connectivity index (χ0n) is 18.6. The molecule has 2 N–H and O–H groups in total. The molecule has 0 aromatic heterocycles. The summed E-state index contributed by atoms with van der Waals surface area (Å²) in [6, 6.07) is 19.5. The Labute approximate surface area is 192 Å². The van der Waals surface area contributed by atoms with Gasteiger partial charge < -0.3 is 14.9 Å². The second-order valence-electron chi connectivity index (χ2n) is 8.26.